The van der Waals surface area contributed by atoms with E-state index in [9.17, 15) is 13.2 Å². The fourth-order valence-electron chi connectivity index (χ4n) is 2.21. The third kappa shape index (κ3) is 3.60. The number of anilines is 1. The van der Waals surface area contributed by atoms with Crippen LogP contribution in [-0.2, 0) is 12.7 Å². The second kappa shape index (κ2) is 6.42. The van der Waals surface area contributed by atoms with E-state index in [2.05, 4.69) is 30.6 Å². The lowest BCUT2D eigenvalue weighted by Crippen LogP contribution is -2.10. The first kappa shape index (κ1) is 16.1. The van der Waals surface area contributed by atoms with E-state index in [0.29, 0.717) is 18.1 Å². The van der Waals surface area contributed by atoms with Gasteiger partial charge in [0, 0.05) is 24.8 Å². The number of nitrogens with one attached hydrogen (secondary N) is 1. The highest BCUT2D eigenvalue weighted by Crippen LogP contribution is 2.27. The Balaban J connectivity index is 1.66. The molecule has 0 aliphatic rings. The van der Waals surface area contributed by atoms with Crippen LogP contribution in [0.25, 0.3) is 5.78 Å². The summed E-state index contributed by atoms with van der Waals surface area (Å²) in [4.78, 5) is 7.42. The molecule has 24 heavy (non-hydrogen) atoms. The fraction of sp³-hybridized carbons (Fsp3) is 0.462. The Morgan fingerprint density at radius 3 is 2.58 bits per heavy atom. The quantitative estimate of drug-likeness (QED) is 0.690. The standard InChI is InChI=1S/C13H15F3N8/c1-9-6-10(17-4-2-3-5-23-7-18-19-8-23)24-12(20-9)21-11(22-24)13(14,15)16/h6-8,17H,2-5H2,1H3. The molecule has 0 saturated carbocycles. The molecular weight excluding hydrogens is 325 g/mol. The monoisotopic (exact) mass is 340 g/mol. The molecule has 0 fully saturated rings. The highest BCUT2D eigenvalue weighted by molar-refractivity contribution is 5.45. The maximum absolute atomic E-state index is 12.7. The molecule has 0 bridgehead atoms. The first-order valence-corrected chi connectivity index (χ1v) is 7.31. The molecule has 0 aromatic carbocycles. The topological polar surface area (TPSA) is 85.8 Å². The molecule has 0 spiro atoms. The van der Waals surface area contributed by atoms with Crippen LogP contribution in [0.1, 0.15) is 24.4 Å². The Kier molecular flexibility index (Phi) is 4.32. The van der Waals surface area contributed by atoms with Crippen LogP contribution in [0.3, 0.4) is 0 Å². The Bertz CT molecular complexity index is 809. The van der Waals surface area contributed by atoms with Crippen LogP contribution in [0, 0.1) is 6.92 Å². The zero-order valence-corrected chi connectivity index (χ0v) is 12.8. The molecule has 0 aliphatic heterocycles. The van der Waals surface area contributed by atoms with Crippen LogP contribution < -0.4 is 5.32 Å². The average Bonchev–Trinajstić information content (AvgIpc) is 3.14. The van der Waals surface area contributed by atoms with Crippen LogP contribution in [-0.4, -0.2) is 40.9 Å². The molecule has 0 saturated heterocycles. The molecule has 0 unspecified atom stereocenters. The summed E-state index contributed by atoms with van der Waals surface area (Å²) in [5, 5.41) is 14.0. The van der Waals surface area contributed by atoms with Gasteiger partial charge in [-0.05, 0) is 19.8 Å². The van der Waals surface area contributed by atoms with E-state index in [1.807, 2.05) is 4.57 Å². The number of halogens is 3. The van der Waals surface area contributed by atoms with Crippen molar-refractivity contribution >= 4 is 11.6 Å². The van der Waals surface area contributed by atoms with Gasteiger partial charge >= 0.3 is 6.18 Å². The van der Waals surface area contributed by atoms with Crippen molar-refractivity contribution < 1.29 is 13.2 Å². The number of aromatic nitrogens is 7. The van der Waals surface area contributed by atoms with E-state index in [4.69, 9.17) is 0 Å². The fourth-order valence-corrected chi connectivity index (χ4v) is 2.21. The number of rotatable bonds is 6. The lowest BCUT2D eigenvalue weighted by Gasteiger charge is -2.08. The van der Waals surface area contributed by atoms with Gasteiger partial charge in [0.2, 0.25) is 0 Å². The molecule has 3 heterocycles. The maximum Gasteiger partial charge on any atom is 0.453 e. The van der Waals surface area contributed by atoms with Crippen molar-refractivity contribution in [3.8, 4) is 0 Å². The summed E-state index contributed by atoms with van der Waals surface area (Å²) in [6, 6.07) is 1.64. The first-order valence-electron chi connectivity index (χ1n) is 7.31. The van der Waals surface area contributed by atoms with E-state index in [1.165, 1.54) is 0 Å². The van der Waals surface area contributed by atoms with Gasteiger partial charge in [0.05, 0.1) is 0 Å². The van der Waals surface area contributed by atoms with Gasteiger partial charge in [0.15, 0.2) is 0 Å². The summed E-state index contributed by atoms with van der Waals surface area (Å²) < 4.78 is 41.2. The van der Waals surface area contributed by atoms with E-state index < -0.39 is 12.0 Å². The zero-order valence-electron chi connectivity index (χ0n) is 12.8. The molecule has 0 atom stereocenters. The second-order valence-electron chi connectivity index (χ2n) is 5.26. The minimum Gasteiger partial charge on any atom is -0.370 e. The van der Waals surface area contributed by atoms with Crippen molar-refractivity contribution in [2.75, 3.05) is 11.9 Å². The highest BCUT2D eigenvalue weighted by atomic mass is 19.4. The van der Waals surface area contributed by atoms with Crippen molar-refractivity contribution in [3.05, 3.63) is 30.2 Å². The third-order valence-electron chi connectivity index (χ3n) is 3.31. The summed E-state index contributed by atoms with van der Waals surface area (Å²) in [6.45, 7) is 3.06. The van der Waals surface area contributed by atoms with E-state index in [-0.39, 0.29) is 5.78 Å². The maximum atomic E-state index is 12.7. The molecule has 128 valence electrons. The normalized spacial score (nSPS) is 12.0. The molecule has 0 aliphatic carbocycles. The number of nitrogens with zero attached hydrogens (tertiary/aromatic N) is 7. The van der Waals surface area contributed by atoms with Crippen LogP contribution in [0.2, 0.25) is 0 Å². The van der Waals surface area contributed by atoms with Crippen LogP contribution in [0.5, 0.6) is 0 Å². The summed E-state index contributed by atoms with van der Waals surface area (Å²) in [5.41, 5.74) is 0.565. The largest absolute Gasteiger partial charge is 0.453 e. The number of aryl methyl sites for hydroxylation is 2. The van der Waals surface area contributed by atoms with Crippen molar-refractivity contribution in [1.29, 1.82) is 0 Å². The van der Waals surface area contributed by atoms with E-state index >= 15 is 0 Å². The predicted octanol–water partition coefficient (Wildman–Crippen LogP) is 1.94. The van der Waals surface area contributed by atoms with Crippen LogP contribution in [0.4, 0.5) is 19.0 Å². The predicted molar refractivity (Wildman–Crippen MR) is 78.3 cm³/mol. The van der Waals surface area contributed by atoms with Gasteiger partial charge in [-0.1, -0.05) is 0 Å². The lowest BCUT2D eigenvalue weighted by molar-refractivity contribution is -0.144. The SMILES string of the molecule is Cc1cc(NCCCCn2cnnc2)n2nc(C(F)(F)F)nc2n1. The van der Waals surface area contributed by atoms with Crippen molar-refractivity contribution in [1.82, 2.24) is 34.3 Å². The first-order chi connectivity index (χ1) is 11.4. The number of fused-ring (bicyclic) bond motifs is 1. The van der Waals surface area contributed by atoms with Crippen molar-refractivity contribution in [2.24, 2.45) is 0 Å². The molecule has 0 amide bonds. The Morgan fingerprint density at radius 1 is 1.12 bits per heavy atom. The molecule has 0 radical (unpaired) electrons. The third-order valence-corrected chi connectivity index (χ3v) is 3.31. The summed E-state index contributed by atoms with van der Waals surface area (Å²) >= 11 is 0. The number of hydrogen-bond acceptors (Lipinski definition) is 6. The molecular formula is C13H15F3N8. The Labute approximate surface area is 134 Å². The van der Waals surface area contributed by atoms with Crippen LogP contribution in [0.15, 0.2) is 18.7 Å². The van der Waals surface area contributed by atoms with Gasteiger partial charge in [0.25, 0.3) is 11.6 Å². The molecule has 3 rings (SSSR count). The summed E-state index contributed by atoms with van der Waals surface area (Å²) in [5.74, 6) is -0.838. The lowest BCUT2D eigenvalue weighted by atomic mass is 10.3. The Hall–Kier alpha value is -2.72. The van der Waals surface area contributed by atoms with Gasteiger partial charge in [-0.2, -0.15) is 22.7 Å². The molecule has 3 aromatic rings. The minimum atomic E-state index is -4.60. The number of unbranched alkanes of at least 4 members (excludes halogenated alkanes) is 1. The van der Waals surface area contributed by atoms with E-state index in [0.717, 1.165) is 23.9 Å². The minimum absolute atomic E-state index is 0.0747. The smallest absolute Gasteiger partial charge is 0.370 e. The van der Waals surface area contributed by atoms with Gasteiger partial charge in [-0.25, -0.2) is 4.98 Å². The van der Waals surface area contributed by atoms with Crippen molar-refractivity contribution in [3.63, 3.8) is 0 Å². The number of alkyl halides is 3. The molecule has 11 heteroatoms. The van der Waals surface area contributed by atoms with Crippen LogP contribution >= 0.6 is 0 Å². The second-order valence-corrected chi connectivity index (χ2v) is 5.26. The molecule has 3 aromatic heterocycles. The highest BCUT2D eigenvalue weighted by Gasteiger charge is 2.36. The van der Waals surface area contributed by atoms with Gasteiger partial charge in [-0.15, -0.1) is 15.3 Å². The summed E-state index contributed by atoms with van der Waals surface area (Å²) in [7, 11) is 0. The van der Waals surface area contributed by atoms with E-state index in [1.54, 1.807) is 25.6 Å². The molecule has 1 N–H and O–H groups in total. The van der Waals surface area contributed by atoms with Crippen molar-refractivity contribution in [2.45, 2.75) is 32.5 Å². The zero-order chi connectivity index (χ0) is 17.2. The summed E-state index contributed by atoms with van der Waals surface area (Å²) in [6.07, 6.45) is 0.373. The molecule has 8 nitrogen and oxygen atoms in total. The Morgan fingerprint density at radius 2 is 1.88 bits per heavy atom. The van der Waals surface area contributed by atoms with Gasteiger partial charge in [0.1, 0.15) is 18.5 Å². The van der Waals surface area contributed by atoms with Gasteiger partial charge in [-0.3, -0.25) is 0 Å². The average molecular weight is 340 g/mol. The number of hydrogen-bond donors (Lipinski definition) is 1. The van der Waals surface area contributed by atoms with Gasteiger partial charge < -0.3 is 9.88 Å².